The van der Waals surface area contributed by atoms with Crippen molar-refractivity contribution in [3.63, 3.8) is 0 Å². The monoisotopic (exact) mass is 555 g/mol. The summed E-state index contributed by atoms with van der Waals surface area (Å²) in [4.78, 5) is 33.6. The summed E-state index contributed by atoms with van der Waals surface area (Å²) in [6.07, 6.45) is 1.48. The first kappa shape index (κ1) is 28.3. The summed E-state index contributed by atoms with van der Waals surface area (Å²) in [5, 5.41) is 7.16. The summed E-state index contributed by atoms with van der Waals surface area (Å²) in [6.45, 7) is 19.4. The average Bonchev–Trinajstić information content (AvgIpc) is 3.28. The number of thiophene rings is 1. The van der Waals surface area contributed by atoms with Crippen LogP contribution < -0.4 is 15.6 Å². The number of pyridine rings is 1. The molecule has 0 unspecified atom stereocenters. The van der Waals surface area contributed by atoms with E-state index in [0.29, 0.717) is 33.7 Å². The number of carbonyl (C=O) groups excluding carboxylic acids is 2. The van der Waals surface area contributed by atoms with Crippen molar-refractivity contribution in [2.45, 2.75) is 38.9 Å². The minimum atomic E-state index is -1.89. The standard InChI is InChI=1S/C26H30ClN5O3SSi/c1-26(2,3)37(5,6)35-17-16-32(28-4)19-11-9-18(10-12-19)30-25(34)23-20(8-7-15-29-23)31-24(33)21-13-14-22(27)36-21/h7-15H,16-17H2,1-3,5-6H3,(H,30,34)(H,31,33). The minimum absolute atomic E-state index is 0.0770. The fourth-order valence-corrected chi connectivity index (χ4v) is 5.03. The van der Waals surface area contributed by atoms with Crippen LogP contribution >= 0.6 is 22.9 Å². The van der Waals surface area contributed by atoms with Crippen molar-refractivity contribution in [3.05, 3.63) is 81.2 Å². The fourth-order valence-electron chi connectivity index (χ4n) is 3.06. The zero-order valence-electron chi connectivity index (χ0n) is 21.5. The molecule has 8 nitrogen and oxygen atoms in total. The second kappa shape index (κ2) is 11.9. The van der Waals surface area contributed by atoms with E-state index in [4.69, 9.17) is 22.6 Å². The van der Waals surface area contributed by atoms with Crippen LogP contribution in [0.25, 0.3) is 4.95 Å². The van der Waals surface area contributed by atoms with Crippen LogP contribution in [0.1, 0.15) is 40.9 Å². The predicted molar refractivity (Wildman–Crippen MR) is 153 cm³/mol. The molecule has 37 heavy (non-hydrogen) atoms. The van der Waals surface area contributed by atoms with E-state index in [2.05, 4.69) is 54.4 Å². The molecule has 0 atom stereocenters. The Labute approximate surface area is 227 Å². The van der Waals surface area contributed by atoms with E-state index in [0.717, 1.165) is 11.3 Å². The van der Waals surface area contributed by atoms with Gasteiger partial charge in [0.05, 0.1) is 21.5 Å². The second-order valence-corrected chi connectivity index (χ2v) is 16.3. The molecule has 194 valence electrons. The minimum Gasteiger partial charge on any atom is -0.415 e. The number of carbonyl (C=O) groups is 2. The van der Waals surface area contributed by atoms with Gasteiger partial charge in [0.1, 0.15) is 12.2 Å². The molecule has 0 fully saturated rings. The highest BCUT2D eigenvalue weighted by molar-refractivity contribution is 7.18. The van der Waals surface area contributed by atoms with Gasteiger partial charge in [-0.1, -0.05) is 37.4 Å². The normalized spacial score (nSPS) is 11.5. The Morgan fingerprint density at radius 2 is 1.81 bits per heavy atom. The maximum atomic E-state index is 12.9. The van der Waals surface area contributed by atoms with Gasteiger partial charge in [0, 0.05) is 11.9 Å². The summed E-state index contributed by atoms with van der Waals surface area (Å²) in [5.74, 6) is -0.849. The molecule has 0 saturated carbocycles. The number of aromatic nitrogens is 1. The first-order valence-electron chi connectivity index (χ1n) is 11.6. The van der Waals surface area contributed by atoms with Crippen LogP contribution in [0.2, 0.25) is 22.5 Å². The largest absolute Gasteiger partial charge is 0.415 e. The van der Waals surface area contributed by atoms with Crippen LogP contribution in [0.15, 0.2) is 54.7 Å². The number of benzene rings is 1. The van der Waals surface area contributed by atoms with Gasteiger partial charge in [-0.2, -0.15) is 11.5 Å². The predicted octanol–water partition coefficient (Wildman–Crippen LogP) is 6.96. The van der Waals surface area contributed by atoms with Crippen molar-refractivity contribution in [2.24, 2.45) is 0 Å². The summed E-state index contributed by atoms with van der Waals surface area (Å²) >= 11 is 7.06. The molecule has 2 aromatic heterocycles. The van der Waals surface area contributed by atoms with Crippen molar-refractivity contribution in [1.82, 2.24) is 4.98 Å². The molecule has 0 aliphatic rings. The molecule has 2 N–H and O–H groups in total. The smallest absolute Gasteiger partial charge is 0.276 e. The van der Waals surface area contributed by atoms with Gasteiger partial charge >= 0.3 is 0 Å². The van der Waals surface area contributed by atoms with Crippen molar-refractivity contribution < 1.29 is 14.0 Å². The molecule has 2 heterocycles. The lowest BCUT2D eigenvalue weighted by Crippen LogP contribution is -2.42. The highest BCUT2D eigenvalue weighted by atomic mass is 35.5. The summed E-state index contributed by atoms with van der Waals surface area (Å²) < 4.78 is 6.69. The first-order valence-corrected chi connectivity index (χ1v) is 15.7. The zero-order chi connectivity index (χ0) is 27.2. The molecule has 0 bridgehead atoms. The Hall–Kier alpha value is -3.23. The van der Waals surface area contributed by atoms with Crippen molar-refractivity contribution in [2.75, 3.05) is 28.8 Å². The van der Waals surface area contributed by atoms with Gasteiger partial charge in [0.25, 0.3) is 11.8 Å². The van der Waals surface area contributed by atoms with E-state index in [1.54, 1.807) is 53.5 Å². The molecule has 0 aliphatic carbocycles. The Balaban J connectivity index is 1.63. The quantitative estimate of drug-likeness (QED) is 0.169. The third kappa shape index (κ3) is 7.39. The zero-order valence-corrected chi connectivity index (χ0v) is 24.0. The number of amides is 2. The second-order valence-electron chi connectivity index (χ2n) is 9.79. The maximum absolute atomic E-state index is 12.9. The van der Waals surface area contributed by atoms with Crippen LogP contribution in [0.3, 0.4) is 0 Å². The highest BCUT2D eigenvalue weighted by Gasteiger charge is 2.37. The van der Waals surface area contributed by atoms with Gasteiger partial charge in [0.15, 0.2) is 14.0 Å². The van der Waals surface area contributed by atoms with Gasteiger partial charge in [-0.05, 0) is 66.7 Å². The van der Waals surface area contributed by atoms with Crippen LogP contribution in [0.5, 0.6) is 0 Å². The van der Waals surface area contributed by atoms with E-state index in [1.807, 2.05) is 0 Å². The summed E-state index contributed by atoms with van der Waals surface area (Å²) in [6, 6.07) is 13.5. The third-order valence-corrected chi connectivity index (χ3v) is 12.0. The van der Waals surface area contributed by atoms with Gasteiger partial charge in [-0.3, -0.25) is 9.59 Å². The van der Waals surface area contributed by atoms with E-state index >= 15 is 0 Å². The van der Waals surface area contributed by atoms with Crippen LogP contribution in [-0.2, 0) is 4.43 Å². The van der Waals surface area contributed by atoms with Gasteiger partial charge < -0.3 is 15.1 Å². The molecular weight excluding hydrogens is 526 g/mol. The lowest BCUT2D eigenvalue weighted by Gasteiger charge is -2.36. The van der Waals surface area contributed by atoms with Crippen molar-refractivity contribution in [1.29, 1.82) is 0 Å². The average molecular weight is 556 g/mol. The van der Waals surface area contributed by atoms with Crippen LogP contribution in [-0.4, -0.2) is 38.3 Å². The number of rotatable bonds is 9. The summed E-state index contributed by atoms with van der Waals surface area (Å²) in [7, 11) is -1.89. The van der Waals surface area contributed by atoms with Gasteiger partial charge in [0.2, 0.25) is 0 Å². The summed E-state index contributed by atoms with van der Waals surface area (Å²) in [5.41, 5.74) is 1.59. The number of nitrogens with one attached hydrogen (secondary N) is 2. The molecule has 0 aliphatic heterocycles. The topological polar surface area (TPSA) is 87.9 Å². The van der Waals surface area contributed by atoms with Crippen molar-refractivity contribution in [3.8, 4) is 0 Å². The molecule has 3 aromatic rings. The SMILES string of the molecule is [C-]#[N+]N(CCO[Si](C)(C)C(C)(C)C)c1ccc(NC(=O)c2ncccc2NC(=O)c2ccc(Cl)s2)cc1. The Bertz CT molecular complexity index is 1300. The molecule has 0 radical (unpaired) electrons. The molecule has 0 saturated heterocycles. The fraction of sp³-hybridized carbons (Fsp3) is 0.308. The number of anilines is 3. The van der Waals surface area contributed by atoms with Crippen LogP contribution in [0.4, 0.5) is 17.1 Å². The number of hydrogen-bond donors (Lipinski definition) is 2. The van der Waals surface area contributed by atoms with Gasteiger partial charge in [-0.15, -0.1) is 11.3 Å². The number of hydrogen-bond acceptors (Lipinski definition) is 6. The van der Waals surface area contributed by atoms with E-state index < -0.39 is 14.2 Å². The number of nitrogens with zero attached hydrogens (tertiary/aromatic N) is 3. The molecular formula is C26H30ClN5O3SSi. The van der Waals surface area contributed by atoms with E-state index in [-0.39, 0.29) is 22.3 Å². The van der Waals surface area contributed by atoms with Crippen molar-refractivity contribution >= 4 is 60.1 Å². The molecule has 1 aromatic carbocycles. The third-order valence-electron chi connectivity index (χ3n) is 6.18. The highest BCUT2D eigenvalue weighted by Crippen LogP contribution is 2.36. The lowest BCUT2D eigenvalue weighted by atomic mass is 10.2. The Morgan fingerprint density at radius 3 is 2.41 bits per heavy atom. The molecule has 11 heteroatoms. The molecule has 3 rings (SSSR count). The Kier molecular flexibility index (Phi) is 9.10. The number of halogens is 1. The Morgan fingerprint density at radius 1 is 1.11 bits per heavy atom. The van der Waals surface area contributed by atoms with E-state index in [1.165, 1.54) is 6.20 Å². The van der Waals surface area contributed by atoms with Crippen LogP contribution in [0, 0.1) is 6.57 Å². The maximum Gasteiger partial charge on any atom is 0.276 e. The van der Waals surface area contributed by atoms with Gasteiger partial charge in [-0.25, -0.2) is 4.98 Å². The lowest BCUT2D eigenvalue weighted by molar-refractivity contribution is 0.102. The van der Waals surface area contributed by atoms with E-state index in [9.17, 15) is 9.59 Å². The first-order chi connectivity index (χ1) is 17.4. The molecule has 0 spiro atoms. The molecule has 2 amide bonds.